The Morgan fingerprint density at radius 2 is 1.94 bits per heavy atom. The van der Waals surface area contributed by atoms with Crippen molar-refractivity contribution in [2.24, 2.45) is 11.7 Å². The number of alkyl halides is 2. The maximum absolute atomic E-state index is 12.7. The van der Waals surface area contributed by atoms with E-state index in [1.54, 1.807) is 0 Å². The van der Waals surface area contributed by atoms with Gasteiger partial charge in [-0.05, 0) is 12.5 Å². The van der Waals surface area contributed by atoms with Crippen LogP contribution in [-0.2, 0) is 4.79 Å². The highest BCUT2D eigenvalue weighted by atomic mass is 19.3. The van der Waals surface area contributed by atoms with Gasteiger partial charge in [0, 0.05) is 6.54 Å². The molecule has 1 heterocycles. The molecule has 0 spiro atoms. The van der Waals surface area contributed by atoms with Gasteiger partial charge in [0.1, 0.15) is 0 Å². The molecule has 1 saturated heterocycles. The maximum Gasteiger partial charge on any atom is 0.245 e. The fourth-order valence-electron chi connectivity index (χ4n) is 2.30. The largest absolute Gasteiger partial charge is 0.334 e. The van der Waals surface area contributed by atoms with E-state index in [9.17, 15) is 13.6 Å². The Morgan fingerprint density at radius 1 is 1.33 bits per heavy atom. The maximum atomic E-state index is 12.7. The van der Waals surface area contributed by atoms with E-state index in [2.05, 4.69) is 0 Å². The predicted octanol–water partition coefficient (Wildman–Crippen LogP) is 1.80. The van der Waals surface area contributed by atoms with Crippen LogP contribution in [0.4, 0.5) is 8.78 Å². The molecular weight excluding hydrogens is 238 g/mol. The number of carbonyl (C=O) groups is 1. The number of hydrogen-bond donors (Lipinski definition) is 1. The molecule has 1 aliphatic heterocycles. The van der Waals surface area contributed by atoms with Crippen LogP contribution in [0.5, 0.6) is 0 Å². The summed E-state index contributed by atoms with van der Waals surface area (Å²) in [6.45, 7) is 1.85. The van der Waals surface area contributed by atoms with Gasteiger partial charge in [-0.25, -0.2) is 8.78 Å². The molecule has 2 rings (SSSR count). The van der Waals surface area contributed by atoms with Gasteiger partial charge in [0.2, 0.25) is 12.3 Å². The smallest absolute Gasteiger partial charge is 0.245 e. The van der Waals surface area contributed by atoms with Gasteiger partial charge in [-0.2, -0.15) is 0 Å². The lowest BCUT2D eigenvalue weighted by Gasteiger charge is -2.25. The van der Waals surface area contributed by atoms with Gasteiger partial charge >= 0.3 is 0 Å². The topological polar surface area (TPSA) is 46.3 Å². The molecule has 0 aliphatic carbocycles. The summed E-state index contributed by atoms with van der Waals surface area (Å²) >= 11 is 0. The number of benzene rings is 1. The SMILES string of the molecule is C[C@H](c1ccccc1)N1CC(C(F)F)C(N)C1=O. The zero-order valence-electron chi connectivity index (χ0n) is 10.1. The molecule has 0 aromatic heterocycles. The number of halogens is 2. The standard InChI is InChI=1S/C13H16F2N2O/c1-8(9-5-3-2-4-6-9)17-7-10(12(14)15)11(16)13(17)18/h2-6,8,10-12H,7,16H2,1H3/t8-,10?,11?/m1/s1. The molecule has 0 radical (unpaired) electrons. The minimum Gasteiger partial charge on any atom is -0.334 e. The number of rotatable bonds is 3. The summed E-state index contributed by atoms with van der Waals surface area (Å²) in [5, 5.41) is 0. The van der Waals surface area contributed by atoms with Crippen LogP contribution in [0.2, 0.25) is 0 Å². The first-order valence-electron chi connectivity index (χ1n) is 5.91. The van der Waals surface area contributed by atoms with Gasteiger partial charge in [0.15, 0.2) is 0 Å². The van der Waals surface area contributed by atoms with E-state index < -0.39 is 24.3 Å². The number of nitrogens with zero attached hydrogens (tertiary/aromatic N) is 1. The van der Waals surface area contributed by atoms with E-state index in [-0.39, 0.29) is 12.6 Å². The van der Waals surface area contributed by atoms with E-state index in [4.69, 9.17) is 5.73 Å². The summed E-state index contributed by atoms with van der Waals surface area (Å²) in [6.07, 6.45) is -2.56. The van der Waals surface area contributed by atoms with Crippen LogP contribution in [0, 0.1) is 5.92 Å². The van der Waals surface area contributed by atoms with Gasteiger partial charge in [-0.15, -0.1) is 0 Å². The summed E-state index contributed by atoms with van der Waals surface area (Å²) in [5.41, 5.74) is 6.48. The molecule has 0 saturated carbocycles. The molecular formula is C13H16F2N2O. The van der Waals surface area contributed by atoms with Crippen molar-refractivity contribution in [3.05, 3.63) is 35.9 Å². The summed E-state index contributed by atoms with van der Waals surface area (Å²) in [4.78, 5) is 13.3. The first-order chi connectivity index (χ1) is 8.52. The second kappa shape index (κ2) is 5.02. The summed E-state index contributed by atoms with van der Waals surface area (Å²) < 4.78 is 25.5. The van der Waals surface area contributed by atoms with Gasteiger partial charge in [0.25, 0.3) is 0 Å². The fourth-order valence-corrected chi connectivity index (χ4v) is 2.30. The molecule has 0 bridgehead atoms. The molecule has 1 amide bonds. The average molecular weight is 254 g/mol. The third kappa shape index (κ3) is 2.22. The lowest BCUT2D eigenvalue weighted by Crippen LogP contribution is -2.38. The Labute approximate surface area is 105 Å². The van der Waals surface area contributed by atoms with Gasteiger partial charge < -0.3 is 10.6 Å². The van der Waals surface area contributed by atoms with Crippen LogP contribution in [0.15, 0.2) is 30.3 Å². The summed E-state index contributed by atoms with van der Waals surface area (Å²) in [7, 11) is 0. The molecule has 2 unspecified atom stereocenters. The van der Waals surface area contributed by atoms with Crippen LogP contribution in [-0.4, -0.2) is 29.8 Å². The molecule has 3 nitrogen and oxygen atoms in total. The fraction of sp³-hybridized carbons (Fsp3) is 0.462. The quantitative estimate of drug-likeness (QED) is 0.894. The van der Waals surface area contributed by atoms with Crippen molar-refractivity contribution in [1.82, 2.24) is 4.90 Å². The van der Waals surface area contributed by atoms with Crippen LogP contribution in [0.1, 0.15) is 18.5 Å². The van der Waals surface area contributed by atoms with Gasteiger partial charge in [0.05, 0.1) is 18.0 Å². The summed E-state index contributed by atoms with van der Waals surface area (Å²) in [5.74, 6) is -1.46. The van der Waals surface area contributed by atoms with Crippen molar-refractivity contribution < 1.29 is 13.6 Å². The monoisotopic (exact) mass is 254 g/mol. The Hall–Kier alpha value is -1.49. The lowest BCUT2D eigenvalue weighted by molar-refractivity contribution is -0.130. The van der Waals surface area contributed by atoms with Gasteiger partial charge in [-0.3, -0.25) is 4.79 Å². The van der Waals surface area contributed by atoms with Gasteiger partial charge in [-0.1, -0.05) is 30.3 Å². The van der Waals surface area contributed by atoms with Crippen LogP contribution >= 0.6 is 0 Å². The second-order valence-corrected chi connectivity index (χ2v) is 4.60. The number of amides is 1. The van der Waals surface area contributed by atoms with E-state index >= 15 is 0 Å². The highest BCUT2D eigenvalue weighted by Crippen LogP contribution is 2.30. The molecule has 2 N–H and O–H groups in total. The average Bonchev–Trinajstić information content (AvgIpc) is 2.67. The van der Waals surface area contributed by atoms with Crippen molar-refractivity contribution in [3.8, 4) is 0 Å². The lowest BCUT2D eigenvalue weighted by atomic mass is 10.1. The van der Waals surface area contributed by atoms with Crippen LogP contribution < -0.4 is 5.73 Å². The number of carbonyl (C=O) groups excluding carboxylic acids is 1. The highest BCUT2D eigenvalue weighted by molar-refractivity contribution is 5.84. The molecule has 1 fully saturated rings. The predicted molar refractivity (Wildman–Crippen MR) is 64.0 cm³/mol. The Morgan fingerprint density at radius 3 is 2.44 bits per heavy atom. The third-order valence-electron chi connectivity index (χ3n) is 3.51. The minimum atomic E-state index is -2.56. The van der Waals surface area contributed by atoms with E-state index in [1.807, 2.05) is 37.3 Å². The van der Waals surface area contributed by atoms with E-state index in [0.29, 0.717) is 0 Å². The van der Waals surface area contributed by atoms with Crippen molar-refractivity contribution >= 4 is 5.91 Å². The molecule has 18 heavy (non-hydrogen) atoms. The van der Waals surface area contributed by atoms with Crippen molar-refractivity contribution in [2.75, 3.05) is 6.54 Å². The normalized spacial score (nSPS) is 25.8. The summed E-state index contributed by atoms with van der Waals surface area (Å²) in [6, 6.07) is 8.02. The van der Waals surface area contributed by atoms with E-state index in [0.717, 1.165) is 5.56 Å². The molecule has 1 aromatic rings. The Kier molecular flexibility index (Phi) is 3.61. The van der Waals surface area contributed by atoms with Crippen molar-refractivity contribution in [2.45, 2.75) is 25.4 Å². The number of hydrogen-bond acceptors (Lipinski definition) is 2. The molecule has 1 aromatic carbocycles. The molecule has 3 atom stereocenters. The highest BCUT2D eigenvalue weighted by Gasteiger charge is 2.44. The Balaban J connectivity index is 2.18. The molecule has 5 heteroatoms. The first kappa shape index (κ1) is 13.0. The minimum absolute atomic E-state index is 0.0216. The molecule has 98 valence electrons. The van der Waals surface area contributed by atoms with Crippen LogP contribution in [0.3, 0.4) is 0 Å². The van der Waals surface area contributed by atoms with E-state index in [1.165, 1.54) is 4.90 Å². The Bertz CT molecular complexity index is 424. The number of likely N-dealkylation sites (tertiary alicyclic amines) is 1. The first-order valence-corrected chi connectivity index (χ1v) is 5.91. The third-order valence-corrected chi connectivity index (χ3v) is 3.51. The van der Waals surface area contributed by atoms with Crippen molar-refractivity contribution in [3.63, 3.8) is 0 Å². The van der Waals surface area contributed by atoms with Crippen LogP contribution in [0.25, 0.3) is 0 Å². The molecule has 1 aliphatic rings. The zero-order valence-corrected chi connectivity index (χ0v) is 10.1. The van der Waals surface area contributed by atoms with Crippen molar-refractivity contribution in [1.29, 1.82) is 0 Å². The zero-order chi connectivity index (χ0) is 13.3. The number of nitrogens with two attached hydrogens (primary N) is 1. The second-order valence-electron chi connectivity index (χ2n) is 4.60.